The lowest BCUT2D eigenvalue weighted by atomic mass is 10.0. The number of benzene rings is 1. The van der Waals surface area contributed by atoms with Gasteiger partial charge in [-0.05, 0) is 36.6 Å². The van der Waals surface area contributed by atoms with Gasteiger partial charge in [0.1, 0.15) is 18.2 Å². The van der Waals surface area contributed by atoms with E-state index in [-0.39, 0.29) is 0 Å². The number of anilines is 1. The van der Waals surface area contributed by atoms with Crippen LogP contribution in [-0.4, -0.2) is 11.5 Å². The van der Waals surface area contributed by atoms with Gasteiger partial charge in [-0.1, -0.05) is 32.0 Å². The number of nitrogens with zero attached hydrogens (tertiary/aromatic N) is 1. The molecule has 0 unspecified atom stereocenters. The van der Waals surface area contributed by atoms with E-state index in [0.717, 1.165) is 23.7 Å². The predicted octanol–water partition coefficient (Wildman–Crippen LogP) is 4.22. The number of rotatable bonds is 6. The molecular formula is C17H22N2O. The molecule has 2 rings (SSSR count). The smallest absolute Gasteiger partial charge is 0.125 e. The van der Waals surface area contributed by atoms with Crippen molar-refractivity contribution in [3.05, 3.63) is 53.7 Å². The van der Waals surface area contributed by atoms with E-state index in [2.05, 4.69) is 43.2 Å². The largest absolute Gasteiger partial charge is 0.489 e. The van der Waals surface area contributed by atoms with Gasteiger partial charge in [0.25, 0.3) is 0 Å². The molecule has 0 amide bonds. The second-order valence-electron chi connectivity index (χ2n) is 5.10. The van der Waals surface area contributed by atoms with E-state index >= 15 is 0 Å². The normalized spacial score (nSPS) is 10.6. The van der Waals surface area contributed by atoms with E-state index in [4.69, 9.17) is 4.74 Å². The molecule has 1 aromatic heterocycles. The lowest BCUT2D eigenvalue weighted by molar-refractivity contribution is 0.305. The highest BCUT2D eigenvalue weighted by molar-refractivity contribution is 5.35. The number of hydrogen-bond acceptors (Lipinski definition) is 3. The molecule has 2 aromatic rings. The summed E-state index contributed by atoms with van der Waals surface area (Å²) < 4.78 is 5.82. The monoisotopic (exact) mass is 270 g/mol. The summed E-state index contributed by atoms with van der Waals surface area (Å²) in [5.41, 5.74) is 2.37. The summed E-state index contributed by atoms with van der Waals surface area (Å²) in [6.45, 7) is 7.84. The number of ether oxygens (including phenoxy) is 1. The van der Waals surface area contributed by atoms with Crippen LogP contribution in [0.25, 0.3) is 0 Å². The molecule has 0 fully saturated rings. The molecule has 1 heterocycles. The van der Waals surface area contributed by atoms with E-state index < -0.39 is 0 Å². The second kappa shape index (κ2) is 6.94. The highest BCUT2D eigenvalue weighted by Crippen LogP contribution is 2.21. The number of hydrogen-bond donors (Lipinski definition) is 1. The fourth-order valence-corrected chi connectivity index (χ4v) is 1.93. The van der Waals surface area contributed by atoms with E-state index in [9.17, 15) is 0 Å². The molecule has 20 heavy (non-hydrogen) atoms. The van der Waals surface area contributed by atoms with Gasteiger partial charge in [-0.15, -0.1) is 0 Å². The Balaban J connectivity index is 1.96. The molecule has 0 radical (unpaired) electrons. The summed E-state index contributed by atoms with van der Waals surface area (Å²) in [5, 5.41) is 3.18. The number of nitrogens with one attached hydrogen (secondary N) is 1. The minimum Gasteiger partial charge on any atom is -0.489 e. The molecule has 1 aromatic carbocycles. The van der Waals surface area contributed by atoms with Crippen LogP contribution >= 0.6 is 0 Å². The molecule has 0 saturated heterocycles. The van der Waals surface area contributed by atoms with Gasteiger partial charge in [0.15, 0.2) is 0 Å². The summed E-state index contributed by atoms with van der Waals surface area (Å²) in [4.78, 5) is 4.34. The van der Waals surface area contributed by atoms with Crippen LogP contribution in [0.4, 0.5) is 5.82 Å². The quantitative estimate of drug-likeness (QED) is 0.853. The Morgan fingerprint density at radius 1 is 1.20 bits per heavy atom. The lowest BCUT2D eigenvalue weighted by Gasteiger charge is -2.10. The van der Waals surface area contributed by atoms with Gasteiger partial charge < -0.3 is 10.1 Å². The van der Waals surface area contributed by atoms with Crippen molar-refractivity contribution in [3.8, 4) is 5.75 Å². The maximum atomic E-state index is 5.82. The van der Waals surface area contributed by atoms with Gasteiger partial charge in [-0.2, -0.15) is 0 Å². The van der Waals surface area contributed by atoms with Gasteiger partial charge in [0.05, 0.1) is 0 Å². The van der Waals surface area contributed by atoms with Crippen LogP contribution in [0.3, 0.4) is 0 Å². The highest BCUT2D eigenvalue weighted by atomic mass is 16.5. The molecule has 0 aliphatic carbocycles. The summed E-state index contributed by atoms with van der Waals surface area (Å²) in [6, 6.07) is 12.3. The van der Waals surface area contributed by atoms with Gasteiger partial charge in [0, 0.05) is 18.3 Å². The fourth-order valence-electron chi connectivity index (χ4n) is 1.93. The average Bonchev–Trinajstić information content (AvgIpc) is 2.47. The molecule has 1 N–H and O–H groups in total. The molecule has 0 atom stereocenters. The van der Waals surface area contributed by atoms with Crippen molar-refractivity contribution in [3.63, 3.8) is 0 Å². The summed E-state index contributed by atoms with van der Waals surface area (Å²) in [5.74, 6) is 2.32. The Morgan fingerprint density at radius 3 is 2.70 bits per heavy atom. The first-order valence-electron chi connectivity index (χ1n) is 7.10. The second-order valence-corrected chi connectivity index (χ2v) is 5.10. The van der Waals surface area contributed by atoms with Crippen molar-refractivity contribution in [2.75, 3.05) is 11.9 Å². The molecule has 0 saturated carbocycles. The predicted molar refractivity (Wildman–Crippen MR) is 83.3 cm³/mol. The first-order chi connectivity index (χ1) is 9.69. The van der Waals surface area contributed by atoms with Crippen molar-refractivity contribution in [1.82, 2.24) is 4.98 Å². The highest BCUT2D eigenvalue weighted by Gasteiger charge is 2.02. The third kappa shape index (κ3) is 3.98. The van der Waals surface area contributed by atoms with E-state index in [1.807, 2.05) is 30.5 Å². The Hall–Kier alpha value is -2.03. The van der Waals surface area contributed by atoms with Crippen LogP contribution in [0.1, 0.15) is 37.8 Å². The SMILES string of the molecule is CCNc1ccc(COc2cccc(C(C)C)c2)cn1. The van der Waals surface area contributed by atoms with Gasteiger partial charge >= 0.3 is 0 Å². The third-order valence-corrected chi connectivity index (χ3v) is 3.11. The van der Waals surface area contributed by atoms with E-state index in [1.54, 1.807) is 0 Å². The van der Waals surface area contributed by atoms with Crippen LogP contribution < -0.4 is 10.1 Å². The van der Waals surface area contributed by atoms with Crippen LogP contribution in [0.5, 0.6) is 5.75 Å². The zero-order valence-corrected chi connectivity index (χ0v) is 12.4. The topological polar surface area (TPSA) is 34.1 Å². The minimum atomic E-state index is 0.514. The number of aromatic nitrogens is 1. The third-order valence-electron chi connectivity index (χ3n) is 3.11. The fraction of sp³-hybridized carbons (Fsp3) is 0.353. The van der Waals surface area contributed by atoms with Gasteiger partial charge in [0.2, 0.25) is 0 Å². The molecular weight excluding hydrogens is 248 g/mol. The first kappa shape index (κ1) is 14.4. The molecule has 3 heteroatoms. The molecule has 0 spiro atoms. The van der Waals surface area contributed by atoms with Crippen LogP contribution in [0.15, 0.2) is 42.6 Å². The molecule has 106 valence electrons. The van der Waals surface area contributed by atoms with Crippen LogP contribution in [0, 0.1) is 0 Å². The molecule has 0 bridgehead atoms. The zero-order chi connectivity index (χ0) is 14.4. The Kier molecular flexibility index (Phi) is 4.99. The molecule has 0 aliphatic heterocycles. The Morgan fingerprint density at radius 2 is 2.05 bits per heavy atom. The maximum absolute atomic E-state index is 5.82. The van der Waals surface area contributed by atoms with Gasteiger partial charge in [-0.25, -0.2) is 4.98 Å². The van der Waals surface area contributed by atoms with E-state index in [1.165, 1.54) is 5.56 Å². The average molecular weight is 270 g/mol. The van der Waals surface area contributed by atoms with Crippen molar-refractivity contribution in [2.24, 2.45) is 0 Å². The summed E-state index contributed by atoms with van der Waals surface area (Å²) >= 11 is 0. The lowest BCUT2D eigenvalue weighted by Crippen LogP contribution is -2.01. The maximum Gasteiger partial charge on any atom is 0.125 e. The number of pyridine rings is 1. The summed E-state index contributed by atoms with van der Waals surface area (Å²) in [7, 11) is 0. The van der Waals surface area contributed by atoms with Crippen LogP contribution in [0.2, 0.25) is 0 Å². The zero-order valence-electron chi connectivity index (χ0n) is 12.4. The first-order valence-corrected chi connectivity index (χ1v) is 7.10. The van der Waals surface area contributed by atoms with Crippen molar-refractivity contribution in [2.45, 2.75) is 33.3 Å². The standard InChI is InChI=1S/C17H22N2O/c1-4-18-17-9-8-14(11-19-17)12-20-16-7-5-6-15(10-16)13(2)3/h5-11,13H,4,12H2,1-3H3,(H,18,19). The summed E-state index contributed by atoms with van der Waals surface area (Å²) in [6.07, 6.45) is 1.85. The van der Waals surface area contributed by atoms with Crippen LogP contribution in [-0.2, 0) is 6.61 Å². The van der Waals surface area contributed by atoms with Crippen molar-refractivity contribution < 1.29 is 4.74 Å². The minimum absolute atomic E-state index is 0.514. The Labute approximate surface area is 121 Å². The Bertz CT molecular complexity index is 535. The van der Waals surface area contributed by atoms with Gasteiger partial charge in [-0.3, -0.25) is 0 Å². The molecule has 0 aliphatic rings. The molecule has 3 nitrogen and oxygen atoms in total. The van der Waals surface area contributed by atoms with E-state index in [0.29, 0.717) is 12.5 Å². The van der Waals surface area contributed by atoms with Crippen molar-refractivity contribution in [1.29, 1.82) is 0 Å². The van der Waals surface area contributed by atoms with Crippen molar-refractivity contribution >= 4 is 5.82 Å².